The number of piperazine rings is 1. The van der Waals surface area contributed by atoms with E-state index < -0.39 is 0 Å². The van der Waals surface area contributed by atoms with Crippen LogP contribution in [0.25, 0.3) is 33.3 Å². The van der Waals surface area contributed by atoms with Crippen LogP contribution >= 0.6 is 0 Å². The first-order valence-electron chi connectivity index (χ1n) is 12.0. The predicted molar refractivity (Wildman–Crippen MR) is 140 cm³/mol. The summed E-state index contributed by atoms with van der Waals surface area (Å²) in [5.41, 5.74) is 10.5. The van der Waals surface area contributed by atoms with Crippen molar-refractivity contribution in [1.82, 2.24) is 20.3 Å². The van der Waals surface area contributed by atoms with E-state index in [1.165, 1.54) is 38.9 Å². The maximum Gasteiger partial charge on any atom is 0.128 e. The van der Waals surface area contributed by atoms with Crippen molar-refractivity contribution in [3.63, 3.8) is 0 Å². The van der Waals surface area contributed by atoms with Crippen LogP contribution < -0.4 is 10.2 Å². The SMILES string of the molecule is CC.Cc1cc(-c2[nH]c3cc(-c4cnc(N5CCNCC5)cc4C)ccc3c2C)cc(C)n1. The number of pyridine rings is 2. The van der Waals surface area contributed by atoms with Gasteiger partial charge in [-0.2, -0.15) is 0 Å². The molecule has 1 aliphatic heterocycles. The number of nitrogens with one attached hydrogen (secondary N) is 2. The molecule has 0 radical (unpaired) electrons. The molecule has 4 heterocycles. The summed E-state index contributed by atoms with van der Waals surface area (Å²) in [7, 11) is 0. The molecule has 172 valence electrons. The van der Waals surface area contributed by atoms with Crippen molar-refractivity contribution in [3.05, 3.63) is 65.1 Å². The van der Waals surface area contributed by atoms with E-state index >= 15 is 0 Å². The zero-order chi connectivity index (χ0) is 23.5. The number of H-pyrrole nitrogens is 1. The molecule has 0 saturated carbocycles. The van der Waals surface area contributed by atoms with Crippen molar-refractivity contribution in [1.29, 1.82) is 0 Å². The van der Waals surface area contributed by atoms with Gasteiger partial charge in [-0.3, -0.25) is 4.98 Å². The average molecular weight is 442 g/mol. The molecule has 0 amide bonds. The first-order valence-corrected chi connectivity index (χ1v) is 12.0. The fraction of sp³-hybridized carbons (Fsp3) is 0.357. The van der Waals surface area contributed by atoms with Crippen LogP contribution in [-0.4, -0.2) is 41.1 Å². The second kappa shape index (κ2) is 9.75. The van der Waals surface area contributed by atoms with E-state index in [0.29, 0.717) is 0 Å². The number of aromatic amines is 1. The van der Waals surface area contributed by atoms with Gasteiger partial charge in [0.1, 0.15) is 5.82 Å². The van der Waals surface area contributed by atoms with Gasteiger partial charge in [0.05, 0.1) is 0 Å². The Morgan fingerprint density at radius 3 is 2.21 bits per heavy atom. The maximum atomic E-state index is 4.79. The van der Waals surface area contributed by atoms with Crippen LogP contribution in [0.15, 0.2) is 42.6 Å². The predicted octanol–water partition coefficient (Wildman–Crippen LogP) is 5.96. The zero-order valence-corrected chi connectivity index (χ0v) is 20.7. The van der Waals surface area contributed by atoms with Gasteiger partial charge >= 0.3 is 0 Å². The molecule has 5 heteroatoms. The molecule has 0 bridgehead atoms. The normalized spacial score (nSPS) is 13.7. The quantitative estimate of drug-likeness (QED) is 0.412. The van der Waals surface area contributed by atoms with Gasteiger partial charge < -0.3 is 15.2 Å². The highest BCUT2D eigenvalue weighted by molar-refractivity contribution is 5.93. The summed E-state index contributed by atoms with van der Waals surface area (Å²) in [6.45, 7) is 16.5. The number of hydrogen-bond donors (Lipinski definition) is 2. The Balaban J connectivity index is 0.00000126. The summed E-state index contributed by atoms with van der Waals surface area (Å²) in [5.74, 6) is 1.07. The highest BCUT2D eigenvalue weighted by Crippen LogP contribution is 2.34. The summed E-state index contributed by atoms with van der Waals surface area (Å²) in [4.78, 5) is 15.3. The van der Waals surface area contributed by atoms with Crippen LogP contribution in [0.5, 0.6) is 0 Å². The van der Waals surface area contributed by atoms with Crippen molar-refractivity contribution < 1.29 is 0 Å². The minimum Gasteiger partial charge on any atom is -0.354 e. The summed E-state index contributed by atoms with van der Waals surface area (Å²) in [6, 6.07) is 13.2. The number of aromatic nitrogens is 3. The molecule has 5 rings (SSSR count). The fourth-order valence-corrected chi connectivity index (χ4v) is 4.68. The molecule has 5 nitrogen and oxygen atoms in total. The van der Waals surface area contributed by atoms with Crippen molar-refractivity contribution in [3.8, 4) is 22.4 Å². The van der Waals surface area contributed by atoms with Crippen LogP contribution in [0.1, 0.15) is 36.4 Å². The first-order chi connectivity index (χ1) is 16.0. The third-order valence-electron chi connectivity index (χ3n) is 6.28. The minimum atomic E-state index is 1.01. The van der Waals surface area contributed by atoms with Crippen molar-refractivity contribution >= 4 is 16.7 Å². The Labute approximate surface area is 197 Å². The molecule has 1 saturated heterocycles. The largest absolute Gasteiger partial charge is 0.354 e. The highest BCUT2D eigenvalue weighted by atomic mass is 15.2. The number of rotatable bonds is 3. The van der Waals surface area contributed by atoms with E-state index in [9.17, 15) is 0 Å². The Hall–Kier alpha value is -3.18. The summed E-state index contributed by atoms with van der Waals surface area (Å²) in [5, 5.41) is 4.66. The number of anilines is 1. The molecule has 2 N–H and O–H groups in total. The minimum absolute atomic E-state index is 1.01. The van der Waals surface area contributed by atoms with Gasteiger partial charge in [0.2, 0.25) is 0 Å². The number of benzene rings is 1. The maximum absolute atomic E-state index is 4.79. The molecule has 1 aliphatic rings. The molecule has 0 aliphatic carbocycles. The number of fused-ring (bicyclic) bond motifs is 1. The lowest BCUT2D eigenvalue weighted by molar-refractivity contribution is 0.585. The second-order valence-corrected chi connectivity index (χ2v) is 8.62. The Morgan fingerprint density at radius 2 is 1.55 bits per heavy atom. The molecule has 3 aromatic heterocycles. The standard InChI is InChI=1S/C26H29N5.C2H6/c1-16-11-25(31-9-7-27-8-10-31)28-15-23(16)20-5-6-22-19(4)26(30-24(22)14-20)21-12-17(2)29-18(3)13-21;1-2/h5-6,11-15,27,30H,7-10H2,1-4H3;1-2H3. The van der Waals surface area contributed by atoms with E-state index in [1.807, 2.05) is 33.9 Å². The highest BCUT2D eigenvalue weighted by Gasteiger charge is 2.15. The van der Waals surface area contributed by atoms with E-state index in [2.05, 4.69) is 70.4 Å². The van der Waals surface area contributed by atoms with Crippen molar-refractivity contribution in [2.24, 2.45) is 0 Å². The molecule has 0 unspecified atom stereocenters. The van der Waals surface area contributed by atoms with Gasteiger partial charge in [-0.25, -0.2) is 4.98 Å². The number of aryl methyl sites for hydroxylation is 4. The van der Waals surface area contributed by atoms with Crippen LogP contribution in [0.3, 0.4) is 0 Å². The molecular weight excluding hydrogens is 406 g/mol. The fourth-order valence-electron chi connectivity index (χ4n) is 4.68. The van der Waals surface area contributed by atoms with Gasteiger partial charge in [-0.1, -0.05) is 26.0 Å². The summed E-state index contributed by atoms with van der Waals surface area (Å²) < 4.78 is 0. The summed E-state index contributed by atoms with van der Waals surface area (Å²) >= 11 is 0. The van der Waals surface area contributed by atoms with Gasteiger partial charge in [0.15, 0.2) is 0 Å². The van der Waals surface area contributed by atoms with Crippen LogP contribution in [0.2, 0.25) is 0 Å². The first kappa shape index (κ1) is 23.0. The molecule has 1 fully saturated rings. The van der Waals surface area contributed by atoms with Crippen LogP contribution in [0, 0.1) is 27.7 Å². The molecule has 1 aromatic carbocycles. The summed E-state index contributed by atoms with van der Waals surface area (Å²) in [6.07, 6.45) is 2.03. The topological polar surface area (TPSA) is 56.8 Å². The van der Waals surface area contributed by atoms with E-state index in [1.54, 1.807) is 0 Å². The van der Waals surface area contributed by atoms with Gasteiger partial charge in [0, 0.05) is 71.5 Å². The van der Waals surface area contributed by atoms with Gasteiger partial charge in [-0.15, -0.1) is 0 Å². The van der Waals surface area contributed by atoms with Gasteiger partial charge in [-0.05, 0) is 68.7 Å². The van der Waals surface area contributed by atoms with Crippen molar-refractivity contribution in [2.75, 3.05) is 31.1 Å². The van der Waals surface area contributed by atoms with E-state index in [4.69, 9.17) is 4.98 Å². The smallest absolute Gasteiger partial charge is 0.128 e. The van der Waals surface area contributed by atoms with E-state index in [0.717, 1.165) is 48.9 Å². The van der Waals surface area contributed by atoms with Crippen LogP contribution in [-0.2, 0) is 0 Å². The van der Waals surface area contributed by atoms with Gasteiger partial charge in [0.25, 0.3) is 0 Å². The van der Waals surface area contributed by atoms with Crippen LogP contribution in [0.4, 0.5) is 5.82 Å². The lowest BCUT2D eigenvalue weighted by Crippen LogP contribution is -2.43. The van der Waals surface area contributed by atoms with Crippen molar-refractivity contribution in [2.45, 2.75) is 41.5 Å². The number of nitrogens with zero attached hydrogens (tertiary/aromatic N) is 3. The monoisotopic (exact) mass is 441 g/mol. The third-order valence-corrected chi connectivity index (χ3v) is 6.28. The number of hydrogen-bond acceptors (Lipinski definition) is 4. The Morgan fingerprint density at radius 1 is 0.848 bits per heavy atom. The molecule has 0 atom stereocenters. The average Bonchev–Trinajstić information content (AvgIpc) is 3.16. The third kappa shape index (κ3) is 4.64. The Bertz CT molecular complexity index is 1240. The molecule has 33 heavy (non-hydrogen) atoms. The molecule has 4 aromatic rings. The second-order valence-electron chi connectivity index (χ2n) is 8.62. The zero-order valence-electron chi connectivity index (χ0n) is 20.7. The molecular formula is C28H35N5. The lowest BCUT2D eigenvalue weighted by atomic mass is 10.0. The lowest BCUT2D eigenvalue weighted by Gasteiger charge is -2.28. The van der Waals surface area contributed by atoms with E-state index in [-0.39, 0.29) is 0 Å². The Kier molecular flexibility index (Phi) is 6.80. The molecule has 0 spiro atoms.